The van der Waals surface area contributed by atoms with Gasteiger partial charge in [-0.25, -0.2) is 0 Å². The van der Waals surface area contributed by atoms with Crippen molar-refractivity contribution in [3.05, 3.63) is 45.5 Å². The molecule has 3 N–H and O–H groups in total. The number of carbonyl (C=O) groups is 1. The predicted molar refractivity (Wildman–Crippen MR) is 111 cm³/mol. The molecule has 2 atom stereocenters. The van der Waals surface area contributed by atoms with Crippen LogP contribution in [0.4, 0.5) is 11.4 Å². The summed E-state index contributed by atoms with van der Waals surface area (Å²) in [5.74, 6) is -0.459. The highest BCUT2D eigenvalue weighted by Gasteiger charge is 2.28. The quantitative estimate of drug-likeness (QED) is 0.361. The van der Waals surface area contributed by atoms with Gasteiger partial charge in [0.05, 0.1) is 23.5 Å². The third-order valence-corrected chi connectivity index (χ3v) is 5.61. The Kier molecular flexibility index (Phi) is 6.12. The second-order valence-electron chi connectivity index (χ2n) is 7.56. The molecule has 1 saturated heterocycles. The van der Waals surface area contributed by atoms with Gasteiger partial charge in [-0.3, -0.25) is 14.9 Å². The maximum atomic E-state index is 12.6. The van der Waals surface area contributed by atoms with E-state index in [1.54, 1.807) is 18.2 Å². The Bertz CT molecular complexity index is 957. The first-order valence-corrected chi connectivity index (χ1v) is 10.2. The molecule has 2 aromatic rings. The highest BCUT2D eigenvalue weighted by Crippen LogP contribution is 2.42. The lowest BCUT2D eigenvalue weighted by Gasteiger charge is -2.22. The Balaban J connectivity index is 1.50. The normalized spacial score (nSPS) is 20.6. The van der Waals surface area contributed by atoms with Crippen molar-refractivity contribution in [2.24, 2.45) is 0 Å². The third-order valence-electron chi connectivity index (χ3n) is 5.61. The van der Waals surface area contributed by atoms with Crippen LogP contribution in [0.2, 0.25) is 0 Å². The van der Waals surface area contributed by atoms with Gasteiger partial charge in [0.15, 0.2) is 6.29 Å². The molecule has 0 bridgehead atoms. The van der Waals surface area contributed by atoms with Crippen LogP contribution >= 0.6 is 0 Å². The van der Waals surface area contributed by atoms with Gasteiger partial charge < -0.3 is 25.2 Å². The van der Waals surface area contributed by atoms with E-state index in [0.29, 0.717) is 48.3 Å². The number of hydrogen-bond acceptors (Lipinski definition) is 7. The van der Waals surface area contributed by atoms with Gasteiger partial charge in [-0.15, -0.1) is 0 Å². The van der Waals surface area contributed by atoms with E-state index in [4.69, 9.17) is 9.47 Å². The molecule has 4 rings (SSSR count). The number of aliphatic hydroxyl groups excluding tert-OH is 1. The number of nitrogens with one attached hydrogen (secondary N) is 2. The Labute approximate surface area is 173 Å². The number of fused-ring (bicyclic) bond motifs is 3. The molecule has 1 fully saturated rings. The fourth-order valence-electron chi connectivity index (χ4n) is 4.10. The van der Waals surface area contributed by atoms with Crippen molar-refractivity contribution in [3.8, 4) is 0 Å². The highest BCUT2D eigenvalue weighted by molar-refractivity contribution is 6.04. The fourth-order valence-corrected chi connectivity index (χ4v) is 4.10. The molecule has 0 aliphatic carbocycles. The third kappa shape index (κ3) is 4.09. The molecule has 0 aromatic heterocycles. The van der Waals surface area contributed by atoms with Crippen molar-refractivity contribution in [3.63, 3.8) is 0 Å². The lowest BCUT2D eigenvalue weighted by molar-refractivity contribution is -0.383. The van der Waals surface area contributed by atoms with E-state index in [-0.39, 0.29) is 30.4 Å². The largest absolute Gasteiger partial charge is 0.396 e. The van der Waals surface area contributed by atoms with Crippen LogP contribution < -0.4 is 10.6 Å². The molecule has 2 aliphatic rings. The first-order valence-electron chi connectivity index (χ1n) is 10.2. The Morgan fingerprint density at radius 2 is 2.20 bits per heavy atom. The lowest BCUT2D eigenvalue weighted by atomic mass is 9.93. The number of aliphatic hydroxyl groups is 1. The molecule has 160 valence electrons. The van der Waals surface area contributed by atoms with E-state index >= 15 is 0 Å². The van der Waals surface area contributed by atoms with Crippen LogP contribution in [0, 0.1) is 10.1 Å². The Morgan fingerprint density at radius 3 is 2.93 bits per heavy atom. The van der Waals surface area contributed by atoms with Crippen LogP contribution in [0.5, 0.6) is 0 Å². The number of hydrogen-bond donors (Lipinski definition) is 3. The molecule has 30 heavy (non-hydrogen) atoms. The summed E-state index contributed by atoms with van der Waals surface area (Å²) in [4.78, 5) is 23.7. The zero-order valence-electron chi connectivity index (χ0n) is 16.6. The van der Waals surface area contributed by atoms with Crippen molar-refractivity contribution in [1.29, 1.82) is 0 Å². The van der Waals surface area contributed by atoms with E-state index in [1.807, 2.05) is 0 Å². The summed E-state index contributed by atoms with van der Waals surface area (Å²) < 4.78 is 11.1. The average molecular weight is 415 g/mol. The van der Waals surface area contributed by atoms with E-state index in [2.05, 4.69) is 10.6 Å². The smallest absolute Gasteiger partial charge is 0.279 e. The average Bonchev–Trinajstić information content (AvgIpc) is 3.19. The predicted octanol–water partition coefficient (Wildman–Crippen LogP) is 2.52. The number of rotatable bonds is 7. The standard InChI is InChI=1S/C21H25N3O6/c25-12-14-11-23-17-10-18(24(27)28)16-9-13(4-5-15(16)20(14)17)21(26)22-6-8-30-19-3-1-2-7-29-19/h4-5,9-10,14,19,23,25H,1-3,6-8,11-12H2,(H,22,26). The number of anilines is 1. The first-order chi connectivity index (χ1) is 14.6. The molecule has 1 amide bonds. The molecule has 0 saturated carbocycles. The SMILES string of the molecule is O=C(NCCOC1CCCCO1)c1ccc2c3c(cc([N+](=O)[O-])c2c1)NCC3CO. The van der Waals surface area contributed by atoms with E-state index in [9.17, 15) is 20.0 Å². The van der Waals surface area contributed by atoms with E-state index < -0.39 is 4.92 Å². The number of benzene rings is 2. The van der Waals surface area contributed by atoms with Gasteiger partial charge >= 0.3 is 0 Å². The van der Waals surface area contributed by atoms with Gasteiger partial charge in [-0.1, -0.05) is 6.07 Å². The molecule has 2 unspecified atom stereocenters. The minimum atomic E-state index is -0.448. The Hall–Kier alpha value is -2.75. The Morgan fingerprint density at radius 1 is 1.33 bits per heavy atom. The maximum Gasteiger partial charge on any atom is 0.279 e. The number of non-ortho nitro benzene ring substituents is 1. The zero-order chi connectivity index (χ0) is 21.1. The summed E-state index contributed by atoms with van der Waals surface area (Å²) in [5, 5.41) is 28.2. The summed E-state index contributed by atoms with van der Waals surface area (Å²) in [7, 11) is 0. The van der Waals surface area contributed by atoms with Crippen LogP contribution in [0.3, 0.4) is 0 Å². The minimum Gasteiger partial charge on any atom is -0.396 e. The van der Waals surface area contributed by atoms with Crippen LogP contribution in [0.15, 0.2) is 24.3 Å². The van der Waals surface area contributed by atoms with Crippen molar-refractivity contribution in [1.82, 2.24) is 5.32 Å². The monoisotopic (exact) mass is 415 g/mol. The summed E-state index contributed by atoms with van der Waals surface area (Å²) in [6, 6.07) is 6.39. The molecule has 0 radical (unpaired) electrons. The highest BCUT2D eigenvalue weighted by atomic mass is 16.7. The number of carbonyl (C=O) groups excluding carboxylic acids is 1. The lowest BCUT2D eigenvalue weighted by Crippen LogP contribution is -2.30. The van der Waals surface area contributed by atoms with E-state index in [1.165, 1.54) is 6.07 Å². The van der Waals surface area contributed by atoms with Gasteiger partial charge in [0.25, 0.3) is 11.6 Å². The van der Waals surface area contributed by atoms with Crippen LogP contribution in [0.1, 0.15) is 41.1 Å². The van der Waals surface area contributed by atoms with Crippen molar-refractivity contribution < 1.29 is 24.3 Å². The van der Waals surface area contributed by atoms with Crippen molar-refractivity contribution >= 4 is 28.1 Å². The van der Waals surface area contributed by atoms with Gasteiger partial charge in [0, 0.05) is 42.9 Å². The second-order valence-corrected chi connectivity index (χ2v) is 7.56. The number of ether oxygens (including phenoxy) is 2. The van der Waals surface area contributed by atoms with Crippen molar-refractivity contribution in [2.75, 3.05) is 38.2 Å². The number of nitro benzene ring substituents is 1. The minimum absolute atomic E-state index is 0.0557. The molecule has 2 aromatic carbocycles. The summed E-state index contributed by atoms with van der Waals surface area (Å²) in [6.07, 6.45) is 2.76. The van der Waals surface area contributed by atoms with E-state index in [0.717, 1.165) is 24.8 Å². The molecule has 9 nitrogen and oxygen atoms in total. The van der Waals surface area contributed by atoms with Gasteiger partial charge in [0.2, 0.25) is 0 Å². The molecule has 9 heteroatoms. The molecular formula is C21H25N3O6. The van der Waals surface area contributed by atoms with Gasteiger partial charge in [-0.2, -0.15) is 0 Å². The number of nitro groups is 1. The number of nitrogens with zero attached hydrogens (tertiary/aromatic N) is 1. The second kappa shape index (κ2) is 8.95. The van der Waals surface area contributed by atoms with Crippen LogP contribution in [-0.4, -0.2) is 55.1 Å². The summed E-state index contributed by atoms with van der Waals surface area (Å²) in [6.45, 7) is 1.82. The summed E-state index contributed by atoms with van der Waals surface area (Å²) in [5.41, 5.74) is 1.78. The molecule has 2 heterocycles. The first kappa shape index (κ1) is 20.5. The van der Waals surface area contributed by atoms with Crippen molar-refractivity contribution in [2.45, 2.75) is 31.5 Å². The molecule has 2 aliphatic heterocycles. The number of amides is 1. The maximum absolute atomic E-state index is 12.6. The molecular weight excluding hydrogens is 390 g/mol. The fraction of sp³-hybridized carbons (Fsp3) is 0.476. The van der Waals surface area contributed by atoms with Crippen LogP contribution in [-0.2, 0) is 9.47 Å². The van der Waals surface area contributed by atoms with Gasteiger partial charge in [-0.05, 0) is 42.3 Å². The van der Waals surface area contributed by atoms with Crippen LogP contribution in [0.25, 0.3) is 10.8 Å². The molecule has 0 spiro atoms. The topological polar surface area (TPSA) is 123 Å². The summed E-state index contributed by atoms with van der Waals surface area (Å²) >= 11 is 0. The van der Waals surface area contributed by atoms with Gasteiger partial charge in [0.1, 0.15) is 0 Å². The zero-order valence-corrected chi connectivity index (χ0v) is 16.6.